The zero-order valence-electron chi connectivity index (χ0n) is 19.5. The van der Waals surface area contributed by atoms with E-state index in [0.717, 1.165) is 16.8 Å². The van der Waals surface area contributed by atoms with Crippen LogP contribution in [0.25, 0.3) is 6.08 Å². The molecule has 1 aliphatic heterocycles. The van der Waals surface area contributed by atoms with Crippen LogP contribution in [0.1, 0.15) is 36.5 Å². The van der Waals surface area contributed by atoms with Crippen molar-refractivity contribution in [2.75, 3.05) is 17.3 Å². The first-order chi connectivity index (χ1) is 16.4. The van der Waals surface area contributed by atoms with Gasteiger partial charge in [-0.05, 0) is 54.3 Å². The van der Waals surface area contributed by atoms with Crippen LogP contribution in [-0.2, 0) is 4.79 Å². The molecule has 0 bridgehead atoms. The third-order valence-corrected chi connectivity index (χ3v) is 6.34. The predicted molar refractivity (Wildman–Crippen MR) is 139 cm³/mol. The van der Waals surface area contributed by atoms with E-state index >= 15 is 0 Å². The molecule has 1 amide bonds. The van der Waals surface area contributed by atoms with E-state index in [-0.39, 0.29) is 18.3 Å². The second kappa shape index (κ2) is 10.7. The molecule has 4 rings (SSSR count). The zero-order chi connectivity index (χ0) is 24.1. The van der Waals surface area contributed by atoms with E-state index in [2.05, 4.69) is 31.0 Å². The third kappa shape index (κ3) is 5.57. The number of rotatable bonds is 7. The van der Waals surface area contributed by atoms with E-state index in [0.29, 0.717) is 22.5 Å². The Morgan fingerprint density at radius 2 is 1.74 bits per heavy atom. The number of hydrogen-bond acceptors (Lipinski definition) is 4. The van der Waals surface area contributed by atoms with Crippen molar-refractivity contribution in [2.45, 2.75) is 26.7 Å². The van der Waals surface area contributed by atoms with Crippen molar-refractivity contribution in [2.24, 2.45) is 4.99 Å². The van der Waals surface area contributed by atoms with Gasteiger partial charge in [-0.3, -0.25) is 9.69 Å². The molecule has 0 spiro atoms. The topological polar surface area (TPSA) is 41.9 Å². The van der Waals surface area contributed by atoms with Gasteiger partial charge in [-0.15, -0.1) is 0 Å². The van der Waals surface area contributed by atoms with Crippen LogP contribution in [0.15, 0.2) is 83.5 Å². The Balaban J connectivity index is 1.53. The first-order valence-corrected chi connectivity index (χ1v) is 12.2. The minimum atomic E-state index is -0.393. The van der Waals surface area contributed by atoms with Crippen LogP contribution < -0.4 is 9.64 Å². The van der Waals surface area contributed by atoms with Crippen molar-refractivity contribution in [1.29, 1.82) is 0 Å². The number of halogens is 1. The molecule has 0 atom stereocenters. The zero-order valence-corrected chi connectivity index (χ0v) is 20.3. The van der Waals surface area contributed by atoms with E-state index in [1.807, 2.05) is 49.4 Å². The molecule has 0 saturated heterocycles. The fourth-order valence-electron chi connectivity index (χ4n) is 3.50. The molecule has 0 aliphatic carbocycles. The number of benzene rings is 3. The number of ether oxygens (including phenoxy) is 1. The molecule has 0 radical (unpaired) electrons. The smallest absolute Gasteiger partial charge is 0.283 e. The van der Waals surface area contributed by atoms with Crippen LogP contribution in [0.4, 0.5) is 10.1 Å². The Morgan fingerprint density at radius 3 is 2.41 bits per heavy atom. The van der Waals surface area contributed by atoms with Gasteiger partial charge in [-0.25, -0.2) is 9.38 Å². The van der Waals surface area contributed by atoms with Crippen LogP contribution in [0.5, 0.6) is 5.75 Å². The molecule has 1 aliphatic rings. The Morgan fingerprint density at radius 1 is 1.03 bits per heavy atom. The number of amides is 1. The largest absolute Gasteiger partial charge is 0.490 e. The summed E-state index contributed by atoms with van der Waals surface area (Å²) in [6.07, 6.45) is 1.82. The molecular formula is C28H27FN2O2S. The highest BCUT2D eigenvalue weighted by atomic mass is 32.2. The summed E-state index contributed by atoms with van der Waals surface area (Å²) in [4.78, 5) is 19.6. The maximum Gasteiger partial charge on any atom is 0.283 e. The monoisotopic (exact) mass is 474 g/mol. The molecule has 1 heterocycles. The van der Waals surface area contributed by atoms with Crippen molar-refractivity contribution < 1.29 is 13.9 Å². The lowest BCUT2D eigenvalue weighted by molar-refractivity contribution is -0.113. The van der Waals surface area contributed by atoms with Gasteiger partial charge in [0.15, 0.2) is 16.7 Å². The number of carbonyl (C=O) groups is 1. The minimum Gasteiger partial charge on any atom is -0.490 e. The lowest BCUT2D eigenvalue weighted by Crippen LogP contribution is -2.30. The summed E-state index contributed by atoms with van der Waals surface area (Å²) < 4.78 is 19.4. The Bertz CT molecular complexity index is 1220. The number of aryl methyl sites for hydroxylation is 1. The van der Waals surface area contributed by atoms with Gasteiger partial charge in [-0.2, -0.15) is 0 Å². The molecular weight excluding hydrogens is 447 g/mol. The molecule has 0 aromatic heterocycles. The molecule has 3 aromatic rings. The van der Waals surface area contributed by atoms with Crippen molar-refractivity contribution in [3.8, 4) is 5.75 Å². The highest BCUT2D eigenvalue weighted by Gasteiger charge is 2.31. The summed E-state index contributed by atoms with van der Waals surface area (Å²) in [6.45, 7) is 6.59. The second-order valence-electron chi connectivity index (χ2n) is 8.35. The molecule has 6 heteroatoms. The average molecular weight is 475 g/mol. The molecule has 0 fully saturated rings. The van der Waals surface area contributed by atoms with Crippen LogP contribution in [-0.4, -0.2) is 23.4 Å². The SMILES string of the molecule is Cc1ccc(N2C(=O)C(=Cc3ccc(C(C)C)cc3)N=C2SCCOc2ccccc2F)cc1. The predicted octanol–water partition coefficient (Wildman–Crippen LogP) is 6.81. The quantitative estimate of drug-likeness (QED) is 0.279. The number of hydrogen-bond donors (Lipinski definition) is 0. The van der Waals surface area contributed by atoms with E-state index in [1.54, 1.807) is 23.1 Å². The average Bonchev–Trinajstić information content (AvgIpc) is 3.13. The van der Waals surface area contributed by atoms with Crippen LogP contribution in [0, 0.1) is 12.7 Å². The number of thioether (sulfide) groups is 1. The van der Waals surface area contributed by atoms with Gasteiger partial charge in [0, 0.05) is 5.75 Å². The van der Waals surface area contributed by atoms with E-state index in [4.69, 9.17) is 4.74 Å². The molecule has 174 valence electrons. The second-order valence-corrected chi connectivity index (χ2v) is 9.41. The summed E-state index contributed by atoms with van der Waals surface area (Å²) in [5, 5.41) is 0.580. The lowest BCUT2D eigenvalue weighted by Gasteiger charge is -2.18. The Hall–Kier alpha value is -3.38. The van der Waals surface area contributed by atoms with E-state index in [1.165, 1.54) is 23.4 Å². The molecule has 34 heavy (non-hydrogen) atoms. The Labute approximate surface area is 204 Å². The Kier molecular flexibility index (Phi) is 7.48. The third-order valence-electron chi connectivity index (χ3n) is 5.44. The fourth-order valence-corrected chi connectivity index (χ4v) is 4.33. The van der Waals surface area contributed by atoms with Gasteiger partial charge in [0.05, 0.1) is 12.3 Å². The molecule has 4 nitrogen and oxygen atoms in total. The van der Waals surface area contributed by atoms with Gasteiger partial charge in [0.1, 0.15) is 5.70 Å². The standard InChI is InChI=1S/C28H27FN2O2S/c1-19(2)22-12-10-21(11-13-22)18-25-27(32)31(23-14-8-20(3)9-15-23)28(30-25)34-17-16-33-26-7-5-4-6-24(26)29/h4-15,18-19H,16-17H2,1-3H3. The minimum absolute atomic E-state index is 0.172. The lowest BCUT2D eigenvalue weighted by atomic mass is 10.0. The maximum absolute atomic E-state index is 13.8. The van der Waals surface area contributed by atoms with E-state index < -0.39 is 5.82 Å². The summed E-state index contributed by atoms with van der Waals surface area (Å²) in [7, 11) is 0. The molecule has 3 aromatic carbocycles. The number of para-hydroxylation sites is 1. The van der Waals surface area contributed by atoms with Crippen LogP contribution in [0.3, 0.4) is 0 Å². The highest BCUT2D eigenvalue weighted by Crippen LogP contribution is 2.30. The van der Waals surface area contributed by atoms with Crippen LogP contribution in [0.2, 0.25) is 0 Å². The highest BCUT2D eigenvalue weighted by molar-refractivity contribution is 8.14. The van der Waals surface area contributed by atoms with Gasteiger partial charge < -0.3 is 4.74 Å². The summed E-state index contributed by atoms with van der Waals surface area (Å²) in [5.74, 6) is 0.608. The van der Waals surface area contributed by atoms with E-state index in [9.17, 15) is 9.18 Å². The summed E-state index contributed by atoms with van der Waals surface area (Å²) >= 11 is 1.41. The van der Waals surface area contributed by atoms with Crippen molar-refractivity contribution in [3.63, 3.8) is 0 Å². The first kappa shape index (κ1) is 23.8. The fraction of sp³-hybridized carbons (Fsp3) is 0.214. The molecule has 0 saturated carbocycles. The molecule has 0 unspecified atom stereocenters. The van der Waals surface area contributed by atoms with Gasteiger partial charge in [-0.1, -0.05) is 79.7 Å². The summed E-state index contributed by atoms with van der Waals surface area (Å²) in [5.41, 5.74) is 4.43. The van der Waals surface area contributed by atoms with Gasteiger partial charge >= 0.3 is 0 Å². The number of nitrogens with zero attached hydrogens (tertiary/aromatic N) is 2. The number of aliphatic imine (C=N–C) groups is 1. The maximum atomic E-state index is 13.8. The number of anilines is 1. The normalized spacial score (nSPS) is 14.7. The number of amidine groups is 1. The van der Waals surface area contributed by atoms with Gasteiger partial charge in [0.25, 0.3) is 5.91 Å². The van der Waals surface area contributed by atoms with Gasteiger partial charge in [0.2, 0.25) is 0 Å². The van der Waals surface area contributed by atoms with Crippen molar-refractivity contribution in [1.82, 2.24) is 0 Å². The number of carbonyl (C=O) groups excluding carboxylic acids is 1. The van der Waals surface area contributed by atoms with Crippen LogP contribution >= 0.6 is 11.8 Å². The first-order valence-electron chi connectivity index (χ1n) is 11.2. The molecule has 0 N–H and O–H groups in total. The van der Waals surface area contributed by atoms with Crippen molar-refractivity contribution in [3.05, 3.63) is 101 Å². The summed E-state index contributed by atoms with van der Waals surface area (Å²) in [6, 6.07) is 22.3. The van der Waals surface area contributed by atoms with Crippen molar-refractivity contribution >= 4 is 34.6 Å².